The first-order chi connectivity index (χ1) is 17.9. The van der Waals surface area contributed by atoms with Gasteiger partial charge in [0, 0.05) is 20.8 Å². The quantitative estimate of drug-likeness (QED) is 0.210. The molecule has 0 unspecified atom stereocenters. The molecule has 2 aromatic heterocycles. The van der Waals surface area contributed by atoms with Crippen LogP contribution in [-0.4, -0.2) is 28.6 Å². The number of nitrogens with one attached hydrogen (secondary N) is 2. The third kappa shape index (κ3) is 5.37. The number of anilines is 1. The van der Waals surface area contributed by atoms with Crippen LogP contribution in [0.4, 0.5) is 5.00 Å². The average Bonchev–Trinajstić information content (AvgIpc) is 3.26. The van der Waals surface area contributed by atoms with Gasteiger partial charge in [0.1, 0.15) is 5.00 Å². The van der Waals surface area contributed by atoms with Crippen LogP contribution in [-0.2, 0) is 17.6 Å². The molecule has 2 heterocycles. The molecule has 0 aliphatic heterocycles. The normalized spacial score (nSPS) is 12.6. The van der Waals surface area contributed by atoms with Gasteiger partial charge in [0.05, 0.1) is 28.9 Å². The SMILES string of the molecule is CCOC(=O)c1c(NC(=S)NC(=O)c2cc(-c3ccc(Cl)cc3)nc3ccccc23)sc2c1CCCC2. The van der Waals surface area contributed by atoms with Gasteiger partial charge in [-0.05, 0) is 74.7 Å². The Labute approximate surface area is 229 Å². The van der Waals surface area contributed by atoms with Crippen LogP contribution in [0.25, 0.3) is 22.2 Å². The molecule has 0 bridgehead atoms. The summed E-state index contributed by atoms with van der Waals surface area (Å²) in [5.41, 5.74) is 4.17. The zero-order valence-corrected chi connectivity index (χ0v) is 22.5. The average molecular weight is 550 g/mol. The number of rotatable bonds is 5. The number of para-hydroxylation sites is 1. The van der Waals surface area contributed by atoms with Gasteiger partial charge in [-0.2, -0.15) is 0 Å². The van der Waals surface area contributed by atoms with Crippen LogP contribution in [0, 0.1) is 0 Å². The number of pyridine rings is 1. The zero-order valence-electron chi connectivity index (χ0n) is 20.1. The van der Waals surface area contributed by atoms with Crippen LogP contribution in [0.5, 0.6) is 0 Å². The first-order valence-electron chi connectivity index (χ1n) is 12.0. The fourth-order valence-corrected chi connectivity index (χ4v) is 6.18. The summed E-state index contributed by atoms with van der Waals surface area (Å²) in [6.45, 7) is 2.07. The molecule has 0 spiro atoms. The Morgan fingerprint density at radius 3 is 2.65 bits per heavy atom. The lowest BCUT2D eigenvalue weighted by atomic mass is 9.95. The van der Waals surface area contributed by atoms with Crippen molar-refractivity contribution in [3.05, 3.63) is 81.2 Å². The number of nitrogens with zero attached hydrogens (tertiary/aromatic N) is 1. The van der Waals surface area contributed by atoms with Crippen LogP contribution in [0.15, 0.2) is 54.6 Å². The van der Waals surface area contributed by atoms with Crippen LogP contribution < -0.4 is 10.6 Å². The van der Waals surface area contributed by atoms with Gasteiger partial charge in [-0.25, -0.2) is 9.78 Å². The number of esters is 1. The first-order valence-corrected chi connectivity index (χ1v) is 13.6. The molecule has 2 N–H and O–H groups in total. The van der Waals surface area contributed by atoms with Crippen LogP contribution >= 0.6 is 35.2 Å². The first kappa shape index (κ1) is 25.3. The summed E-state index contributed by atoms with van der Waals surface area (Å²) in [6.07, 6.45) is 3.87. The van der Waals surface area contributed by atoms with Crippen molar-refractivity contribution in [3.63, 3.8) is 0 Å². The third-order valence-corrected chi connectivity index (χ3v) is 7.87. The van der Waals surface area contributed by atoms with Gasteiger partial charge in [-0.3, -0.25) is 10.1 Å². The van der Waals surface area contributed by atoms with Crippen molar-refractivity contribution in [2.24, 2.45) is 0 Å². The maximum absolute atomic E-state index is 13.4. The minimum atomic E-state index is -0.370. The number of fused-ring (bicyclic) bond motifs is 2. The minimum absolute atomic E-state index is 0.114. The van der Waals surface area contributed by atoms with E-state index in [-0.39, 0.29) is 23.6 Å². The van der Waals surface area contributed by atoms with Crippen LogP contribution in [0.3, 0.4) is 0 Å². The van der Waals surface area contributed by atoms with E-state index in [0.717, 1.165) is 36.8 Å². The molecule has 0 fully saturated rings. The zero-order chi connectivity index (χ0) is 25.9. The highest BCUT2D eigenvalue weighted by atomic mass is 35.5. The predicted octanol–water partition coefficient (Wildman–Crippen LogP) is 6.80. The summed E-state index contributed by atoms with van der Waals surface area (Å²) >= 11 is 13.1. The number of aryl methyl sites for hydroxylation is 1. The van der Waals surface area contributed by atoms with Gasteiger partial charge in [-0.15, -0.1) is 11.3 Å². The number of amides is 1. The van der Waals surface area contributed by atoms with E-state index in [1.165, 1.54) is 16.2 Å². The molecule has 188 valence electrons. The molecule has 0 saturated heterocycles. The van der Waals surface area contributed by atoms with Crippen molar-refractivity contribution >= 4 is 68.0 Å². The van der Waals surface area contributed by atoms with Gasteiger partial charge in [0.15, 0.2) is 5.11 Å². The van der Waals surface area contributed by atoms with Crippen LogP contribution in [0.2, 0.25) is 5.02 Å². The molecule has 1 amide bonds. The van der Waals surface area contributed by atoms with Crippen molar-refractivity contribution in [1.82, 2.24) is 10.3 Å². The largest absolute Gasteiger partial charge is 0.462 e. The number of carbonyl (C=O) groups is 2. The lowest BCUT2D eigenvalue weighted by Crippen LogP contribution is -2.34. The molecule has 0 atom stereocenters. The Balaban J connectivity index is 1.43. The summed E-state index contributed by atoms with van der Waals surface area (Å²) < 4.78 is 5.32. The fourth-order valence-electron chi connectivity index (χ4n) is 4.51. The monoisotopic (exact) mass is 549 g/mol. The van der Waals surface area contributed by atoms with Crippen LogP contribution in [0.1, 0.15) is 50.9 Å². The van der Waals surface area contributed by atoms with Gasteiger partial charge in [-0.1, -0.05) is 41.9 Å². The topological polar surface area (TPSA) is 80.3 Å². The molecule has 0 saturated carbocycles. The standard InChI is InChI=1S/C28H24ClN3O3S2/c1-2-35-27(34)24-19-8-4-6-10-23(19)37-26(24)32-28(36)31-25(33)20-15-22(16-11-13-17(29)14-12-16)30-21-9-5-3-7-18(20)21/h3,5,7,9,11-15H,2,4,6,8,10H2,1H3,(H2,31,32,33,36). The molecule has 6 nitrogen and oxygen atoms in total. The van der Waals surface area contributed by atoms with Crippen molar-refractivity contribution in [2.45, 2.75) is 32.6 Å². The Morgan fingerprint density at radius 1 is 1.11 bits per heavy atom. The third-order valence-electron chi connectivity index (χ3n) is 6.21. The smallest absolute Gasteiger partial charge is 0.341 e. The number of thiocarbonyl (C=S) groups is 1. The minimum Gasteiger partial charge on any atom is -0.462 e. The van der Waals surface area contributed by atoms with Crippen molar-refractivity contribution in [2.75, 3.05) is 11.9 Å². The maximum Gasteiger partial charge on any atom is 0.341 e. The molecule has 4 aromatic rings. The van der Waals surface area contributed by atoms with E-state index in [1.54, 1.807) is 25.1 Å². The highest BCUT2D eigenvalue weighted by molar-refractivity contribution is 7.80. The van der Waals surface area contributed by atoms with E-state index in [1.807, 2.05) is 36.4 Å². The Morgan fingerprint density at radius 2 is 1.86 bits per heavy atom. The lowest BCUT2D eigenvalue weighted by molar-refractivity contribution is 0.0526. The molecule has 37 heavy (non-hydrogen) atoms. The second-order valence-corrected chi connectivity index (χ2v) is 10.6. The van der Waals surface area contributed by atoms with E-state index in [4.69, 9.17) is 33.5 Å². The van der Waals surface area contributed by atoms with Crippen molar-refractivity contribution in [3.8, 4) is 11.3 Å². The fraction of sp³-hybridized carbons (Fsp3) is 0.214. The summed E-state index contributed by atoms with van der Waals surface area (Å²) in [5, 5.41) is 7.94. The summed E-state index contributed by atoms with van der Waals surface area (Å²) in [7, 11) is 0. The number of carbonyl (C=O) groups excluding carboxylic acids is 2. The number of thiophene rings is 1. The number of aromatic nitrogens is 1. The molecule has 1 aliphatic rings. The van der Waals surface area contributed by atoms with E-state index in [0.29, 0.717) is 37.7 Å². The maximum atomic E-state index is 13.4. The number of benzene rings is 2. The molecule has 5 rings (SSSR count). The number of hydrogen-bond acceptors (Lipinski definition) is 6. The second kappa shape index (κ2) is 11.0. The summed E-state index contributed by atoms with van der Waals surface area (Å²) in [5.74, 6) is -0.739. The molecule has 0 radical (unpaired) electrons. The Hall–Kier alpha value is -3.33. The predicted molar refractivity (Wildman–Crippen MR) is 153 cm³/mol. The number of halogens is 1. The van der Waals surface area contributed by atoms with E-state index in [2.05, 4.69) is 10.6 Å². The van der Waals surface area contributed by atoms with Gasteiger partial charge in [0.2, 0.25) is 0 Å². The van der Waals surface area contributed by atoms with Crippen molar-refractivity contribution in [1.29, 1.82) is 0 Å². The van der Waals surface area contributed by atoms with Crippen molar-refractivity contribution < 1.29 is 14.3 Å². The Bertz CT molecular complexity index is 1520. The molecular weight excluding hydrogens is 526 g/mol. The molecule has 1 aliphatic carbocycles. The van der Waals surface area contributed by atoms with Gasteiger partial charge >= 0.3 is 5.97 Å². The highest BCUT2D eigenvalue weighted by Gasteiger charge is 2.27. The highest BCUT2D eigenvalue weighted by Crippen LogP contribution is 2.38. The van der Waals surface area contributed by atoms with E-state index in [9.17, 15) is 9.59 Å². The van der Waals surface area contributed by atoms with Gasteiger partial charge < -0.3 is 10.1 Å². The summed E-state index contributed by atoms with van der Waals surface area (Å²) in [6, 6.07) is 16.5. The van der Waals surface area contributed by atoms with Gasteiger partial charge in [0.25, 0.3) is 5.91 Å². The number of ether oxygens (including phenoxy) is 1. The molecule has 2 aromatic carbocycles. The molecule has 9 heteroatoms. The Kier molecular flexibility index (Phi) is 7.50. The lowest BCUT2D eigenvalue weighted by Gasteiger charge is -2.13. The summed E-state index contributed by atoms with van der Waals surface area (Å²) in [4.78, 5) is 32.1. The van der Waals surface area contributed by atoms with E-state index < -0.39 is 0 Å². The molecular formula is C28H24ClN3O3S2. The second-order valence-electron chi connectivity index (χ2n) is 8.62. The number of hydrogen-bond donors (Lipinski definition) is 2. The van der Waals surface area contributed by atoms with E-state index >= 15 is 0 Å².